The predicted octanol–water partition coefficient (Wildman–Crippen LogP) is 0.976. The molecule has 3 nitrogen and oxygen atoms in total. The number of hydrogen-bond acceptors (Lipinski definition) is 2. The van der Waals surface area contributed by atoms with Crippen LogP contribution < -0.4 is 5.32 Å². The van der Waals surface area contributed by atoms with E-state index in [4.69, 9.17) is 0 Å². The van der Waals surface area contributed by atoms with Crippen molar-refractivity contribution in [2.75, 3.05) is 14.1 Å². The summed E-state index contributed by atoms with van der Waals surface area (Å²) in [6, 6.07) is 0. The van der Waals surface area contributed by atoms with Gasteiger partial charge >= 0.3 is 0 Å². The monoisotopic (exact) mass is 170 g/mol. The van der Waals surface area contributed by atoms with Crippen LogP contribution in [-0.2, 0) is 4.79 Å². The molecule has 0 atom stereocenters. The molecule has 0 rings (SSSR count). The molecule has 12 heavy (non-hydrogen) atoms. The first-order chi connectivity index (χ1) is 5.27. The van der Waals surface area contributed by atoms with Crippen LogP contribution >= 0.6 is 0 Å². The van der Waals surface area contributed by atoms with Crippen LogP contribution in [0.1, 0.15) is 20.8 Å². The van der Waals surface area contributed by atoms with Gasteiger partial charge < -0.3 is 5.32 Å². The molecule has 70 valence electrons. The van der Waals surface area contributed by atoms with Gasteiger partial charge in [-0.3, -0.25) is 9.69 Å². The minimum absolute atomic E-state index is 0.103. The van der Waals surface area contributed by atoms with Crippen LogP contribution in [0.4, 0.5) is 0 Å². The van der Waals surface area contributed by atoms with Crippen LogP contribution in [0.25, 0.3) is 0 Å². The zero-order valence-corrected chi connectivity index (χ0v) is 8.56. The standard InChI is InChI=1S/C9H18N2O/c1-7(2)8(12)10-9(3,4)11(5)6/h1H2,2-6H3,(H,10,12). The van der Waals surface area contributed by atoms with Crippen molar-refractivity contribution in [3.05, 3.63) is 12.2 Å². The number of carbonyl (C=O) groups is 1. The summed E-state index contributed by atoms with van der Waals surface area (Å²) in [7, 11) is 3.83. The lowest BCUT2D eigenvalue weighted by atomic mass is 10.2. The number of nitrogens with zero attached hydrogens (tertiary/aromatic N) is 1. The maximum absolute atomic E-state index is 11.2. The molecule has 0 radical (unpaired) electrons. The SMILES string of the molecule is C=C(C)C(=O)NC(C)(C)N(C)C. The molecular weight excluding hydrogens is 152 g/mol. The minimum atomic E-state index is -0.323. The highest BCUT2D eigenvalue weighted by molar-refractivity contribution is 5.92. The maximum atomic E-state index is 11.2. The molecule has 0 fully saturated rings. The molecule has 1 amide bonds. The number of amides is 1. The lowest BCUT2D eigenvalue weighted by Gasteiger charge is -2.33. The van der Waals surface area contributed by atoms with E-state index in [-0.39, 0.29) is 11.6 Å². The predicted molar refractivity (Wildman–Crippen MR) is 50.7 cm³/mol. The van der Waals surface area contributed by atoms with Gasteiger partial charge in [0.15, 0.2) is 0 Å². The molecule has 0 aliphatic rings. The van der Waals surface area contributed by atoms with Crippen molar-refractivity contribution < 1.29 is 4.79 Å². The number of nitrogens with one attached hydrogen (secondary N) is 1. The van der Waals surface area contributed by atoms with Crippen molar-refractivity contribution in [3.63, 3.8) is 0 Å². The lowest BCUT2D eigenvalue weighted by Crippen LogP contribution is -2.53. The second-order valence-electron chi connectivity index (χ2n) is 3.69. The van der Waals surface area contributed by atoms with Gasteiger partial charge in [-0.1, -0.05) is 6.58 Å². The topological polar surface area (TPSA) is 32.3 Å². The van der Waals surface area contributed by atoms with Gasteiger partial charge in [0.2, 0.25) is 5.91 Å². The van der Waals surface area contributed by atoms with E-state index in [0.29, 0.717) is 5.57 Å². The van der Waals surface area contributed by atoms with E-state index in [1.165, 1.54) is 0 Å². The van der Waals surface area contributed by atoms with Crippen molar-refractivity contribution >= 4 is 5.91 Å². The first-order valence-corrected chi connectivity index (χ1v) is 3.93. The molecule has 1 N–H and O–H groups in total. The van der Waals surface area contributed by atoms with Crippen molar-refractivity contribution in [1.82, 2.24) is 10.2 Å². The largest absolute Gasteiger partial charge is 0.335 e. The smallest absolute Gasteiger partial charge is 0.247 e. The zero-order valence-electron chi connectivity index (χ0n) is 8.56. The Hall–Kier alpha value is -0.830. The summed E-state index contributed by atoms with van der Waals surface area (Å²) in [5, 5.41) is 2.84. The highest BCUT2D eigenvalue weighted by atomic mass is 16.2. The highest BCUT2D eigenvalue weighted by Crippen LogP contribution is 2.05. The van der Waals surface area contributed by atoms with Gasteiger partial charge in [-0.05, 0) is 34.9 Å². The first kappa shape index (κ1) is 11.2. The summed E-state index contributed by atoms with van der Waals surface area (Å²) in [4.78, 5) is 13.2. The molecule has 0 aromatic rings. The quantitative estimate of drug-likeness (QED) is 0.506. The second kappa shape index (κ2) is 3.72. The van der Waals surface area contributed by atoms with Crippen molar-refractivity contribution in [2.24, 2.45) is 0 Å². The van der Waals surface area contributed by atoms with Crippen LogP contribution in [-0.4, -0.2) is 30.6 Å². The Morgan fingerprint density at radius 1 is 1.42 bits per heavy atom. The third-order valence-corrected chi connectivity index (χ3v) is 1.93. The van der Waals surface area contributed by atoms with E-state index in [1.54, 1.807) is 6.92 Å². The normalized spacial score (nSPS) is 11.5. The van der Waals surface area contributed by atoms with E-state index in [9.17, 15) is 4.79 Å². The number of carbonyl (C=O) groups excluding carboxylic acids is 1. The third-order valence-electron chi connectivity index (χ3n) is 1.93. The zero-order chi connectivity index (χ0) is 9.94. The van der Waals surface area contributed by atoms with Crippen LogP contribution in [0, 0.1) is 0 Å². The third kappa shape index (κ3) is 3.05. The first-order valence-electron chi connectivity index (χ1n) is 3.93. The Bertz CT molecular complexity index is 195. The van der Waals surface area contributed by atoms with Gasteiger partial charge in [-0.25, -0.2) is 0 Å². The Labute approximate surface area is 74.4 Å². The molecular formula is C9H18N2O. The van der Waals surface area contributed by atoms with Gasteiger partial charge in [-0.15, -0.1) is 0 Å². The average Bonchev–Trinajstić information content (AvgIpc) is 1.85. The molecule has 0 saturated heterocycles. The van der Waals surface area contributed by atoms with Gasteiger partial charge in [0.1, 0.15) is 0 Å². The van der Waals surface area contributed by atoms with E-state index < -0.39 is 0 Å². The van der Waals surface area contributed by atoms with Gasteiger partial charge in [0.05, 0.1) is 5.66 Å². The highest BCUT2D eigenvalue weighted by Gasteiger charge is 2.22. The molecule has 0 bridgehead atoms. The van der Waals surface area contributed by atoms with Crippen LogP contribution in [0.2, 0.25) is 0 Å². The van der Waals surface area contributed by atoms with Gasteiger partial charge in [-0.2, -0.15) is 0 Å². The summed E-state index contributed by atoms with van der Waals surface area (Å²) >= 11 is 0. The van der Waals surface area contributed by atoms with E-state index in [1.807, 2.05) is 32.8 Å². The number of hydrogen-bond donors (Lipinski definition) is 1. The van der Waals surface area contributed by atoms with Gasteiger partial charge in [0.25, 0.3) is 0 Å². The Morgan fingerprint density at radius 3 is 2.08 bits per heavy atom. The second-order valence-corrected chi connectivity index (χ2v) is 3.69. The van der Waals surface area contributed by atoms with Crippen LogP contribution in [0.3, 0.4) is 0 Å². The van der Waals surface area contributed by atoms with Crippen molar-refractivity contribution in [2.45, 2.75) is 26.4 Å². The molecule has 3 heteroatoms. The van der Waals surface area contributed by atoms with E-state index in [0.717, 1.165) is 0 Å². The molecule has 0 saturated carbocycles. The summed E-state index contributed by atoms with van der Waals surface area (Å²) in [5.74, 6) is -0.103. The average molecular weight is 170 g/mol. The Balaban J connectivity index is 4.25. The fourth-order valence-electron chi connectivity index (χ4n) is 0.496. The molecule has 0 heterocycles. The Kier molecular flexibility index (Phi) is 3.46. The van der Waals surface area contributed by atoms with Gasteiger partial charge in [0, 0.05) is 5.57 Å². The summed E-state index contributed by atoms with van der Waals surface area (Å²) in [5.41, 5.74) is 0.209. The number of rotatable bonds is 3. The molecule has 0 aliphatic carbocycles. The molecule has 0 spiro atoms. The molecule has 0 aliphatic heterocycles. The summed E-state index contributed by atoms with van der Waals surface area (Å²) in [6.07, 6.45) is 0. The minimum Gasteiger partial charge on any atom is -0.335 e. The van der Waals surface area contributed by atoms with E-state index in [2.05, 4.69) is 11.9 Å². The fraction of sp³-hybridized carbons (Fsp3) is 0.667. The summed E-state index contributed by atoms with van der Waals surface area (Å²) < 4.78 is 0. The molecule has 0 aromatic carbocycles. The molecule has 0 unspecified atom stereocenters. The lowest BCUT2D eigenvalue weighted by molar-refractivity contribution is -0.120. The fourth-order valence-corrected chi connectivity index (χ4v) is 0.496. The molecule has 0 aromatic heterocycles. The van der Waals surface area contributed by atoms with E-state index >= 15 is 0 Å². The summed E-state index contributed by atoms with van der Waals surface area (Å²) in [6.45, 7) is 9.14. The van der Waals surface area contributed by atoms with Crippen molar-refractivity contribution in [1.29, 1.82) is 0 Å². The van der Waals surface area contributed by atoms with Crippen LogP contribution in [0.5, 0.6) is 0 Å². The van der Waals surface area contributed by atoms with Crippen molar-refractivity contribution in [3.8, 4) is 0 Å². The van der Waals surface area contributed by atoms with Crippen LogP contribution in [0.15, 0.2) is 12.2 Å². The Morgan fingerprint density at radius 2 is 1.83 bits per heavy atom. The maximum Gasteiger partial charge on any atom is 0.247 e.